The molecule has 0 spiro atoms. The zero-order valence-corrected chi connectivity index (χ0v) is 7.99. The lowest BCUT2D eigenvalue weighted by Gasteiger charge is -2.06. The van der Waals surface area contributed by atoms with Crippen LogP contribution in [0.4, 0.5) is 0 Å². The smallest absolute Gasteiger partial charge is 0.125 e. The average Bonchev–Trinajstić information content (AvgIpc) is 2.20. The molecule has 0 amide bonds. The molecule has 70 valence electrons. The number of phenolic OH excluding ortho intramolecular Hbond substituents is 1. The van der Waals surface area contributed by atoms with Crippen LogP contribution in [-0.2, 0) is 0 Å². The van der Waals surface area contributed by atoms with E-state index >= 15 is 0 Å². The highest BCUT2D eigenvalue weighted by Gasteiger charge is 2.06. The van der Waals surface area contributed by atoms with Gasteiger partial charge in [0, 0.05) is 11.6 Å². The van der Waals surface area contributed by atoms with E-state index in [2.05, 4.69) is 11.6 Å². The first-order valence-electron chi connectivity index (χ1n) is 4.44. The summed E-state index contributed by atoms with van der Waals surface area (Å²) >= 11 is 0. The minimum absolute atomic E-state index is 0.258. The largest absolute Gasteiger partial charge is 0.507 e. The first-order valence-corrected chi connectivity index (χ1v) is 4.44. The van der Waals surface area contributed by atoms with Gasteiger partial charge in [0.15, 0.2) is 0 Å². The van der Waals surface area contributed by atoms with Gasteiger partial charge >= 0.3 is 0 Å². The fraction of sp³-hybridized carbons (Fsp3) is 0.0833. The second kappa shape index (κ2) is 3.14. The second-order valence-electron chi connectivity index (χ2n) is 3.23. The number of nitrogens with zero attached hydrogens (tertiary/aromatic N) is 1. The number of hydrogen-bond donors (Lipinski definition) is 1. The van der Waals surface area contributed by atoms with Gasteiger partial charge in [-0.1, -0.05) is 18.7 Å². The van der Waals surface area contributed by atoms with Crippen LogP contribution in [0.25, 0.3) is 16.8 Å². The molecule has 0 atom stereocenters. The molecule has 0 bridgehead atoms. The van der Waals surface area contributed by atoms with Gasteiger partial charge in [0.2, 0.25) is 0 Å². The summed E-state index contributed by atoms with van der Waals surface area (Å²) < 4.78 is 0. The van der Waals surface area contributed by atoms with E-state index in [4.69, 9.17) is 0 Å². The summed E-state index contributed by atoms with van der Waals surface area (Å²) in [5.74, 6) is 0.258. The lowest BCUT2D eigenvalue weighted by atomic mass is 10.0. The predicted molar refractivity (Wildman–Crippen MR) is 58.2 cm³/mol. The maximum Gasteiger partial charge on any atom is 0.125 e. The number of aromatic nitrogens is 1. The first kappa shape index (κ1) is 8.75. The van der Waals surface area contributed by atoms with Crippen LogP contribution in [0.1, 0.15) is 11.3 Å². The summed E-state index contributed by atoms with van der Waals surface area (Å²) in [7, 11) is 0. The van der Waals surface area contributed by atoms with E-state index in [1.54, 1.807) is 18.3 Å². The van der Waals surface area contributed by atoms with Gasteiger partial charge in [-0.3, -0.25) is 4.98 Å². The SMILES string of the molecule is C=Cc1ncc(C)c2cccc(O)c12. The molecular formula is C12H11NO. The Bertz CT molecular complexity index is 503. The summed E-state index contributed by atoms with van der Waals surface area (Å²) in [5.41, 5.74) is 1.78. The molecule has 2 nitrogen and oxygen atoms in total. The number of aromatic hydroxyl groups is 1. The molecule has 1 heterocycles. The third kappa shape index (κ3) is 1.16. The van der Waals surface area contributed by atoms with Gasteiger partial charge in [-0.25, -0.2) is 0 Å². The molecule has 1 aromatic carbocycles. The van der Waals surface area contributed by atoms with E-state index in [0.29, 0.717) is 0 Å². The fourth-order valence-electron chi connectivity index (χ4n) is 1.59. The molecule has 2 heteroatoms. The molecule has 0 aliphatic heterocycles. The van der Waals surface area contributed by atoms with Crippen molar-refractivity contribution >= 4 is 16.8 Å². The van der Waals surface area contributed by atoms with Crippen molar-refractivity contribution in [1.82, 2.24) is 4.98 Å². The zero-order valence-electron chi connectivity index (χ0n) is 7.99. The molecule has 0 aliphatic rings. The summed E-state index contributed by atoms with van der Waals surface area (Å²) in [6.07, 6.45) is 3.44. The van der Waals surface area contributed by atoms with Crippen LogP contribution < -0.4 is 0 Å². The normalized spacial score (nSPS) is 10.4. The number of pyridine rings is 1. The van der Waals surface area contributed by atoms with Crippen molar-refractivity contribution in [3.05, 3.63) is 42.2 Å². The topological polar surface area (TPSA) is 33.1 Å². The highest BCUT2D eigenvalue weighted by molar-refractivity contribution is 5.95. The summed E-state index contributed by atoms with van der Waals surface area (Å²) in [4.78, 5) is 4.21. The minimum Gasteiger partial charge on any atom is -0.507 e. The van der Waals surface area contributed by atoms with Gasteiger partial charge < -0.3 is 5.11 Å². The van der Waals surface area contributed by atoms with Crippen molar-refractivity contribution in [2.75, 3.05) is 0 Å². The molecule has 2 aromatic rings. The van der Waals surface area contributed by atoms with Crippen LogP contribution in [0.2, 0.25) is 0 Å². The summed E-state index contributed by atoms with van der Waals surface area (Å²) in [6.45, 7) is 5.65. The Hall–Kier alpha value is -1.83. The van der Waals surface area contributed by atoms with Gasteiger partial charge in [0.05, 0.1) is 5.69 Å². The lowest BCUT2D eigenvalue weighted by molar-refractivity contribution is 0.481. The monoisotopic (exact) mass is 185 g/mol. The van der Waals surface area contributed by atoms with Crippen LogP contribution in [0.3, 0.4) is 0 Å². The van der Waals surface area contributed by atoms with Gasteiger partial charge in [0.25, 0.3) is 0 Å². The Morgan fingerprint density at radius 3 is 2.93 bits per heavy atom. The van der Waals surface area contributed by atoms with Gasteiger partial charge in [-0.05, 0) is 30.0 Å². The van der Waals surface area contributed by atoms with Crippen LogP contribution in [0, 0.1) is 6.92 Å². The van der Waals surface area contributed by atoms with E-state index in [-0.39, 0.29) is 5.75 Å². The zero-order chi connectivity index (χ0) is 10.1. The lowest BCUT2D eigenvalue weighted by Crippen LogP contribution is -1.87. The van der Waals surface area contributed by atoms with Crippen molar-refractivity contribution < 1.29 is 5.11 Å². The first-order chi connectivity index (χ1) is 6.74. The predicted octanol–water partition coefficient (Wildman–Crippen LogP) is 2.89. The van der Waals surface area contributed by atoms with E-state index in [0.717, 1.165) is 22.0 Å². The molecule has 1 aromatic heterocycles. The van der Waals surface area contributed by atoms with Crippen molar-refractivity contribution in [2.24, 2.45) is 0 Å². The third-order valence-electron chi connectivity index (χ3n) is 2.31. The number of rotatable bonds is 1. The number of hydrogen-bond acceptors (Lipinski definition) is 2. The van der Waals surface area contributed by atoms with Crippen molar-refractivity contribution in [3.8, 4) is 5.75 Å². The van der Waals surface area contributed by atoms with E-state index in [9.17, 15) is 5.11 Å². The highest BCUT2D eigenvalue weighted by Crippen LogP contribution is 2.29. The van der Waals surface area contributed by atoms with Crippen molar-refractivity contribution in [2.45, 2.75) is 6.92 Å². The second-order valence-corrected chi connectivity index (χ2v) is 3.23. The van der Waals surface area contributed by atoms with E-state index in [1.165, 1.54) is 0 Å². The molecule has 0 fully saturated rings. The van der Waals surface area contributed by atoms with E-state index in [1.807, 2.05) is 19.1 Å². The van der Waals surface area contributed by atoms with Crippen LogP contribution in [0.5, 0.6) is 5.75 Å². The van der Waals surface area contributed by atoms with Crippen LogP contribution >= 0.6 is 0 Å². The average molecular weight is 185 g/mol. The quantitative estimate of drug-likeness (QED) is 0.741. The fourth-order valence-corrected chi connectivity index (χ4v) is 1.59. The maximum absolute atomic E-state index is 9.72. The van der Waals surface area contributed by atoms with Crippen molar-refractivity contribution in [1.29, 1.82) is 0 Å². The Balaban J connectivity index is 2.99. The summed E-state index contributed by atoms with van der Waals surface area (Å²) in [6, 6.07) is 5.47. The Morgan fingerprint density at radius 1 is 1.43 bits per heavy atom. The van der Waals surface area contributed by atoms with Gasteiger partial charge in [-0.15, -0.1) is 0 Å². The molecule has 0 saturated heterocycles. The number of fused-ring (bicyclic) bond motifs is 1. The van der Waals surface area contributed by atoms with Gasteiger partial charge in [-0.2, -0.15) is 0 Å². The molecule has 0 unspecified atom stereocenters. The van der Waals surface area contributed by atoms with Crippen molar-refractivity contribution in [3.63, 3.8) is 0 Å². The summed E-state index contributed by atoms with van der Waals surface area (Å²) in [5, 5.41) is 11.5. The number of benzene rings is 1. The Morgan fingerprint density at radius 2 is 2.21 bits per heavy atom. The third-order valence-corrected chi connectivity index (χ3v) is 2.31. The number of aryl methyl sites for hydroxylation is 1. The van der Waals surface area contributed by atoms with E-state index < -0.39 is 0 Å². The highest BCUT2D eigenvalue weighted by atomic mass is 16.3. The minimum atomic E-state index is 0.258. The molecule has 0 radical (unpaired) electrons. The Kier molecular flexibility index (Phi) is 1.97. The molecule has 0 saturated carbocycles. The Labute approximate surface area is 82.5 Å². The van der Waals surface area contributed by atoms with Crippen LogP contribution in [0.15, 0.2) is 31.0 Å². The standard InChI is InChI=1S/C12H11NO/c1-3-10-12-9(8(2)7-13-10)5-4-6-11(12)14/h3-7,14H,1H2,2H3. The molecule has 0 aliphatic carbocycles. The maximum atomic E-state index is 9.72. The molecular weight excluding hydrogens is 174 g/mol. The van der Waals surface area contributed by atoms with Gasteiger partial charge in [0.1, 0.15) is 5.75 Å². The van der Waals surface area contributed by atoms with Crippen LogP contribution in [-0.4, -0.2) is 10.1 Å². The molecule has 14 heavy (non-hydrogen) atoms. The number of phenols is 1. The molecule has 1 N–H and O–H groups in total. The molecule has 2 rings (SSSR count).